The number of amides is 1. The highest BCUT2D eigenvalue weighted by Gasteiger charge is 2.09. The Labute approximate surface area is 173 Å². The number of nitrogens with one attached hydrogen (secondary N) is 1. The molecule has 0 aliphatic carbocycles. The second-order valence-electron chi connectivity index (χ2n) is 5.87. The molecular formula is C22H19N3O3S. The summed E-state index contributed by atoms with van der Waals surface area (Å²) in [5.74, 6) is 0.882. The van der Waals surface area contributed by atoms with Gasteiger partial charge >= 0.3 is 0 Å². The van der Waals surface area contributed by atoms with Crippen molar-refractivity contribution in [3.8, 4) is 17.6 Å². The van der Waals surface area contributed by atoms with Crippen LogP contribution in [0, 0.1) is 11.3 Å². The lowest BCUT2D eigenvalue weighted by Gasteiger charge is -2.13. The third-order valence-electron chi connectivity index (χ3n) is 3.91. The van der Waals surface area contributed by atoms with Gasteiger partial charge in [0.2, 0.25) is 0 Å². The average Bonchev–Trinajstić information content (AvgIpc) is 3.28. The van der Waals surface area contributed by atoms with Gasteiger partial charge in [-0.3, -0.25) is 4.79 Å². The quantitative estimate of drug-likeness (QED) is 0.446. The predicted octanol–water partition coefficient (Wildman–Crippen LogP) is 4.36. The Morgan fingerprint density at radius 1 is 1.17 bits per heavy atom. The first-order valence-corrected chi connectivity index (χ1v) is 9.83. The number of rotatable bonds is 8. The zero-order chi connectivity index (χ0) is 20.5. The molecule has 3 aromatic rings. The van der Waals surface area contributed by atoms with Crippen LogP contribution in [0.5, 0.6) is 11.5 Å². The third-order valence-corrected chi connectivity index (χ3v) is 4.78. The summed E-state index contributed by atoms with van der Waals surface area (Å²) < 4.78 is 11.5. The molecule has 0 atom stereocenters. The fourth-order valence-corrected chi connectivity index (χ4v) is 3.15. The molecule has 1 aromatic heterocycles. The van der Waals surface area contributed by atoms with Crippen molar-refractivity contribution in [1.82, 2.24) is 5.43 Å². The maximum absolute atomic E-state index is 11.9. The number of nitriles is 1. The zero-order valence-electron chi connectivity index (χ0n) is 15.8. The molecule has 146 valence electrons. The van der Waals surface area contributed by atoms with Crippen LogP contribution in [0.2, 0.25) is 0 Å². The van der Waals surface area contributed by atoms with Gasteiger partial charge < -0.3 is 9.47 Å². The minimum Gasteiger partial charge on any atom is -0.490 e. The molecule has 29 heavy (non-hydrogen) atoms. The zero-order valence-corrected chi connectivity index (χ0v) is 16.6. The average molecular weight is 405 g/mol. The highest BCUT2D eigenvalue weighted by Crippen LogP contribution is 2.29. The fourth-order valence-electron chi connectivity index (χ4n) is 2.53. The van der Waals surface area contributed by atoms with Crippen molar-refractivity contribution < 1.29 is 14.3 Å². The maximum atomic E-state index is 11.9. The van der Waals surface area contributed by atoms with Crippen LogP contribution in [0.15, 0.2) is 65.1 Å². The topological polar surface area (TPSA) is 83.7 Å². The molecule has 0 fully saturated rings. The molecule has 1 amide bonds. The van der Waals surface area contributed by atoms with Crippen LogP contribution in [0.1, 0.15) is 33.3 Å². The Kier molecular flexibility index (Phi) is 6.98. The van der Waals surface area contributed by atoms with Gasteiger partial charge in [-0.05, 0) is 48.2 Å². The van der Waals surface area contributed by atoms with Crippen LogP contribution >= 0.6 is 11.3 Å². The highest BCUT2D eigenvalue weighted by molar-refractivity contribution is 7.12. The van der Waals surface area contributed by atoms with Crippen LogP contribution in [0.3, 0.4) is 0 Å². The number of hydrazone groups is 1. The van der Waals surface area contributed by atoms with E-state index in [9.17, 15) is 10.1 Å². The van der Waals surface area contributed by atoms with Gasteiger partial charge in [0.15, 0.2) is 11.5 Å². The van der Waals surface area contributed by atoms with Gasteiger partial charge in [0, 0.05) is 5.56 Å². The molecule has 3 rings (SSSR count). The summed E-state index contributed by atoms with van der Waals surface area (Å²) in [6.07, 6.45) is 1.54. The van der Waals surface area contributed by atoms with Crippen LogP contribution in [0.4, 0.5) is 0 Å². The molecule has 0 bridgehead atoms. The van der Waals surface area contributed by atoms with E-state index in [1.54, 1.807) is 30.5 Å². The molecule has 0 spiro atoms. The second-order valence-corrected chi connectivity index (χ2v) is 6.82. The van der Waals surface area contributed by atoms with Crippen LogP contribution < -0.4 is 14.9 Å². The molecule has 0 aliphatic heterocycles. The van der Waals surface area contributed by atoms with Crippen molar-refractivity contribution >= 4 is 23.5 Å². The minimum absolute atomic E-state index is 0.252. The van der Waals surface area contributed by atoms with E-state index in [4.69, 9.17) is 9.47 Å². The number of thiophene rings is 1. The van der Waals surface area contributed by atoms with Crippen LogP contribution in [-0.4, -0.2) is 18.7 Å². The molecule has 1 N–H and O–H groups in total. The summed E-state index contributed by atoms with van der Waals surface area (Å²) in [6.45, 7) is 2.62. The number of benzene rings is 2. The molecule has 0 aliphatic rings. The normalized spacial score (nSPS) is 10.5. The summed E-state index contributed by atoms with van der Waals surface area (Å²) in [6, 6.07) is 18.4. The Morgan fingerprint density at radius 3 is 2.79 bits per heavy atom. The Balaban J connectivity index is 1.69. The lowest BCUT2D eigenvalue weighted by Crippen LogP contribution is -2.16. The lowest BCUT2D eigenvalue weighted by atomic mass is 10.1. The monoisotopic (exact) mass is 405 g/mol. The summed E-state index contributed by atoms with van der Waals surface area (Å²) in [4.78, 5) is 12.5. The summed E-state index contributed by atoms with van der Waals surface area (Å²) in [5.41, 5.74) is 4.64. The van der Waals surface area contributed by atoms with Crippen molar-refractivity contribution in [2.24, 2.45) is 5.10 Å². The molecule has 0 saturated heterocycles. The van der Waals surface area contributed by atoms with Crippen molar-refractivity contribution in [2.45, 2.75) is 13.5 Å². The van der Waals surface area contributed by atoms with Gasteiger partial charge in [-0.2, -0.15) is 10.4 Å². The van der Waals surface area contributed by atoms with Crippen LogP contribution in [-0.2, 0) is 6.61 Å². The SMILES string of the molecule is CCOc1cc(/C=N\NC(=O)c2cccs2)ccc1OCc1ccccc1C#N. The smallest absolute Gasteiger partial charge is 0.281 e. The first kappa shape index (κ1) is 20.1. The molecule has 2 aromatic carbocycles. The van der Waals surface area contributed by atoms with Gasteiger partial charge in [0.1, 0.15) is 6.61 Å². The van der Waals surface area contributed by atoms with Gasteiger partial charge in [-0.15, -0.1) is 11.3 Å². The van der Waals surface area contributed by atoms with Gasteiger partial charge in [-0.1, -0.05) is 24.3 Å². The Morgan fingerprint density at radius 2 is 2.03 bits per heavy atom. The standard InChI is InChI=1S/C22H19N3O3S/c1-2-27-20-12-16(14-24-25-22(26)21-8-5-11-29-21)9-10-19(20)28-15-18-7-4-3-6-17(18)13-23/h3-12,14H,2,15H2,1H3,(H,25,26)/b24-14-. The van der Waals surface area contributed by atoms with Crippen molar-refractivity contribution in [1.29, 1.82) is 5.26 Å². The molecule has 6 nitrogen and oxygen atoms in total. The number of carbonyl (C=O) groups is 1. The molecular weight excluding hydrogens is 386 g/mol. The molecule has 0 unspecified atom stereocenters. The largest absolute Gasteiger partial charge is 0.490 e. The molecule has 0 radical (unpaired) electrons. The van der Waals surface area contributed by atoms with E-state index in [-0.39, 0.29) is 12.5 Å². The third kappa shape index (κ3) is 5.43. The highest BCUT2D eigenvalue weighted by atomic mass is 32.1. The van der Waals surface area contributed by atoms with E-state index in [2.05, 4.69) is 16.6 Å². The first-order chi connectivity index (χ1) is 14.2. The second kappa shape index (κ2) is 10.1. The summed E-state index contributed by atoms with van der Waals surface area (Å²) >= 11 is 1.35. The van der Waals surface area contributed by atoms with E-state index in [1.807, 2.05) is 42.6 Å². The van der Waals surface area contributed by atoms with Crippen LogP contribution in [0.25, 0.3) is 0 Å². The summed E-state index contributed by atoms with van der Waals surface area (Å²) in [5, 5.41) is 15.0. The maximum Gasteiger partial charge on any atom is 0.281 e. The van der Waals surface area contributed by atoms with Gasteiger partial charge in [0.05, 0.1) is 29.3 Å². The number of carbonyl (C=O) groups excluding carboxylic acids is 1. The first-order valence-electron chi connectivity index (χ1n) is 8.96. The lowest BCUT2D eigenvalue weighted by molar-refractivity contribution is 0.0959. The Bertz CT molecular complexity index is 1040. The van der Waals surface area contributed by atoms with Gasteiger partial charge in [0.25, 0.3) is 5.91 Å². The van der Waals surface area contributed by atoms with Gasteiger partial charge in [-0.25, -0.2) is 5.43 Å². The molecule has 0 saturated carbocycles. The number of ether oxygens (including phenoxy) is 2. The molecule has 7 heteroatoms. The van der Waals surface area contributed by atoms with Crippen molar-refractivity contribution in [2.75, 3.05) is 6.61 Å². The van der Waals surface area contributed by atoms with E-state index in [0.29, 0.717) is 28.5 Å². The Hall–Kier alpha value is -3.63. The van der Waals surface area contributed by atoms with E-state index in [0.717, 1.165) is 11.1 Å². The molecule has 1 heterocycles. The predicted molar refractivity (Wildman–Crippen MR) is 112 cm³/mol. The number of hydrogen-bond donors (Lipinski definition) is 1. The van der Waals surface area contributed by atoms with E-state index >= 15 is 0 Å². The number of nitrogens with zero attached hydrogens (tertiary/aromatic N) is 2. The van der Waals surface area contributed by atoms with Crippen molar-refractivity contribution in [3.05, 3.63) is 81.5 Å². The van der Waals surface area contributed by atoms with E-state index < -0.39 is 0 Å². The van der Waals surface area contributed by atoms with E-state index in [1.165, 1.54) is 11.3 Å². The van der Waals surface area contributed by atoms with Crippen molar-refractivity contribution in [3.63, 3.8) is 0 Å². The summed E-state index contributed by atoms with van der Waals surface area (Å²) in [7, 11) is 0. The number of hydrogen-bond acceptors (Lipinski definition) is 6. The fraction of sp³-hybridized carbons (Fsp3) is 0.136. The minimum atomic E-state index is -0.252.